The van der Waals surface area contributed by atoms with Crippen LogP contribution in [0.2, 0.25) is 0 Å². The van der Waals surface area contributed by atoms with Crippen molar-refractivity contribution in [3.8, 4) is 11.5 Å². The Kier molecular flexibility index (Phi) is 6.12. The van der Waals surface area contributed by atoms with E-state index < -0.39 is 0 Å². The van der Waals surface area contributed by atoms with Crippen molar-refractivity contribution in [3.05, 3.63) is 83.7 Å². The lowest BCUT2D eigenvalue weighted by Crippen LogP contribution is -2.42. The molecular weight excluding hydrogens is 468 g/mol. The van der Waals surface area contributed by atoms with Crippen molar-refractivity contribution in [1.82, 2.24) is 10.3 Å². The molecule has 0 unspecified atom stereocenters. The molecule has 2 aliphatic rings. The fourth-order valence-electron chi connectivity index (χ4n) is 5.30. The number of likely N-dealkylation sites (N-methyl/N-ethyl adjacent to an activating group) is 1. The van der Waals surface area contributed by atoms with Gasteiger partial charge < -0.3 is 24.6 Å². The number of benzene rings is 2. The summed E-state index contributed by atoms with van der Waals surface area (Å²) in [5.74, 6) is 1.46. The minimum absolute atomic E-state index is 0.0500. The highest BCUT2D eigenvalue weighted by molar-refractivity contribution is 7.80. The number of pyridine rings is 1. The topological polar surface area (TPSA) is 49.9 Å². The fraction of sp³-hybridized carbons (Fsp3) is 0.310. The van der Waals surface area contributed by atoms with Gasteiger partial charge in [0.2, 0.25) is 0 Å². The van der Waals surface area contributed by atoms with E-state index in [9.17, 15) is 0 Å². The van der Waals surface area contributed by atoms with Gasteiger partial charge in [-0.1, -0.05) is 18.2 Å². The Labute approximate surface area is 218 Å². The number of rotatable bonds is 5. The molecule has 0 aliphatic carbocycles. The molecule has 0 saturated carbocycles. The predicted octanol–water partition coefficient (Wildman–Crippen LogP) is 5.91. The molecule has 2 aliphatic heterocycles. The third-order valence-electron chi connectivity index (χ3n) is 7.33. The molecule has 0 bridgehead atoms. The van der Waals surface area contributed by atoms with Gasteiger partial charge in [0.15, 0.2) is 5.11 Å². The summed E-state index contributed by atoms with van der Waals surface area (Å²) in [7, 11) is 5.49. The van der Waals surface area contributed by atoms with Gasteiger partial charge in [-0.05, 0) is 80.5 Å². The summed E-state index contributed by atoms with van der Waals surface area (Å²) in [6.07, 6.45) is 4.15. The van der Waals surface area contributed by atoms with Gasteiger partial charge in [0.25, 0.3) is 0 Å². The maximum atomic E-state index is 5.93. The van der Waals surface area contributed by atoms with Crippen LogP contribution in [0.3, 0.4) is 0 Å². The molecule has 3 heterocycles. The van der Waals surface area contributed by atoms with Crippen LogP contribution in [0.1, 0.15) is 49.7 Å². The summed E-state index contributed by atoms with van der Waals surface area (Å²) in [5, 5.41) is 4.16. The lowest BCUT2D eigenvalue weighted by molar-refractivity contribution is 0.403. The first-order chi connectivity index (χ1) is 17.2. The fourth-order valence-corrected chi connectivity index (χ4v) is 5.64. The second kappa shape index (κ2) is 9.13. The Hall–Kier alpha value is -3.58. The molecule has 1 N–H and O–H groups in total. The van der Waals surface area contributed by atoms with Gasteiger partial charge in [0.05, 0.1) is 43.2 Å². The summed E-state index contributed by atoms with van der Waals surface area (Å²) in [4.78, 5) is 9.15. The number of hydrogen-bond acceptors (Lipinski definition) is 5. The standard InChI is InChI=1S/C29H32N4O2S/c1-18-17-29(2,3)32(4)23-12-10-19(15-21(18)23)27-26(22-9-7-8-14-30-22)31-28(36)33(27)24-16-20(34-5)11-13-25(24)35-6/h7-17,26-27H,1-6H3,(H,31,36)/t26-,27+/m0/s1. The Morgan fingerprint density at radius 1 is 1.00 bits per heavy atom. The van der Waals surface area contributed by atoms with E-state index in [1.807, 2.05) is 42.6 Å². The molecule has 5 rings (SSSR count). The second-order valence-electron chi connectivity index (χ2n) is 9.85. The van der Waals surface area contributed by atoms with Crippen molar-refractivity contribution in [3.63, 3.8) is 0 Å². The van der Waals surface area contributed by atoms with E-state index >= 15 is 0 Å². The molecule has 2 atom stereocenters. The van der Waals surface area contributed by atoms with Crippen molar-refractivity contribution >= 4 is 34.3 Å². The number of allylic oxidation sites excluding steroid dienone is 1. The molecule has 186 valence electrons. The summed E-state index contributed by atoms with van der Waals surface area (Å²) in [5.41, 5.74) is 6.58. The van der Waals surface area contributed by atoms with Crippen molar-refractivity contribution in [2.24, 2.45) is 0 Å². The molecule has 2 aromatic carbocycles. The Morgan fingerprint density at radius 3 is 2.50 bits per heavy atom. The van der Waals surface area contributed by atoms with Crippen LogP contribution in [-0.4, -0.2) is 36.9 Å². The number of nitrogens with zero attached hydrogens (tertiary/aromatic N) is 3. The number of nitrogens with one attached hydrogen (secondary N) is 1. The first-order valence-corrected chi connectivity index (χ1v) is 12.5. The van der Waals surface area contributed by atoms with Gasteiger partial charge in [-0.2, -0.15) is 0 Å². The minimum atomic E-state index is -0.147. The zero-order valence-electron chi connectivity index (χ0n) is 21.6. The molecule has 6 nitrogen and oxygen atoms in total. The molecule has 1 fully saturated rings. The van der Waals surface area contributed by atoms with Crippen LogP contribution in [0.15, 0.2) is 66.9 Å². The smallest absolute Gasteiger partial charge is 0.174 e. The quantitative estimate of drug-likeness (QED) is 0.437. The van der Waals surface area contributed by atoms with E-state index in [1.165, 1.54) is 16.8 Å². The summed E-state index contributed by atoms with van der Waals surface area (Å²) < 4.78 is 11.3. The highest BCUT2D eigenvalue weighted by Crippen LogP contribution is 2.47. The predicted molar refractivity (Wildman–Crippen MR) is 150 cm³/mol. The van der Waals surface area contributed by atoms with Gasteiger partial charge in [0.1, 0.15) is 11.5 Å². The van der Waals surface area contributed by atoms with Crippen molar-refractivity contribution in [1.29, 1.82) is 0 Å². The molecule has 36 heavy (non-hydrogen) atoms. The van der Waals surface area contributed by atoms with E-state index in [1.54, 1.807) is 14.2 Å². The van der Waals surface area contributed by atoms with Gasteiger partial charge in [-0.3, -0.25) is 4.98 Å². The molecule has 1 saturated heterocycles. The number of anilines is 2. The van der Waals surface area contributed by atoms with Crippen molar-refractivity contribution in [2.75, 3.05) is 31.1 Å². The molecule has 3 aromatic rings. The highest BCUT2D eigenvalue weighted by Gasteiger charge is 2.42. The zero-order chi connectivity index (χ0) is 25.6. The first kappa shape index (κ1) is 24.1. The average molecular weight is 501 g/mol. The summed E-state index contributed by atoms with van der Waals surface area (Å²) >= 11 is 5.93. The van der Waals surface area contributed by atoms with Gasteiger partial charge in [-0.15, -0.1) is 0 Å². The van der Waals surface area contributed by atoms with Crippen LogP contribution in [0.25, 0.3) is 5.57 Å². The molecule has 0 spiro atoms. The Balaban J connectivity index is 1.69. The maximum Gasteiger partial charge on any atom is 0.174 e. The molecule has 1 aromatic heterocycles. The molecular formula is C29H32N4O2S. The van der Waals surface area contributed by atoms with Crippen LogP contribution in [0.5, 0.6) is 11.5 Å². The van der Waals surface area contributed by atoms with Gasteiger partial charge in [0, 0.05) is 30.6 Å². The van der Waals surface area contributed by atoms with Crippen molar-refractivity contribution in [2.45, 2.75) is 38.4 Å². The third kappa shape index (κ3) is 3.97. The first-order valence-electron chi connectivity index (χ1n) is 12.1. The van der Waals surface area contributed by atoms with E-state index in [0.717, 1.165) is 28.4 Å². The highest BCUT2D eigenvalue weighted by atomic mass is 32.1. The average Bonchev–Trinajstić information content (AvgIpc) is 3.23. The number of ether oxygens (including phenoxy) is 2. The second-order valence-corrected chi connectivity index (χ2v) is 10.2. The van der Waals surface area contributed by atoms with Gasteiger partial charge in [-0.25, -0.2) is 0 Å². The SMILES string of the molecule is COc1ccc(OC)c(N2C(=S)N[C@@H](c3ccccn3)[C@H]2c2ccc3c(c2)C(C)=CC(C)(C)N3C)c1. The molecule has 0 radical (unpaired) electrons. The summed E-state index contributed by atoms with van der Waals surface area (Å²) in [6.45, 7) is 6.66. The third-order valence-corrected chi connectivity index (χ3v) is 7.64. The minimum Gasteiger partial charge on any atom is -0.497 e. The lowest BCUT2D eigenvalue weighted by Gasteiger charge is -2.41. The number of methoxy groups -OCH3 is 2. The normalized spacial score (nSPS) is 20.5. The Bertz CT molecular complexity index is 1340. The molecule has 0 amide bonds. The largest absolute Gasteiger partial charge is 0.497 e. The van der Waals surface area contributed by atoms with Crippen molar-refractivity contribution < 1.29 is 9.47 Å². The van der Waals surface area contributed by atoms with E-state index in [4.69, 9.17) is 21.7 Å². The van der Waals surface area contributed by atoms with E-state index in [0.29, 0.717) is 5.11 Å². The molecule has 7 heteroatoms. The zero-order valence-corrected chi connectivity index (χ0v) is 22.4. The number of fused-ring (bicyclic) bond motifs is 1. The number of hydrogen-bond donors (Lipinski definition) is 1. The Morgan fingerprint density at radius 2 is 1.81 bits per heavy atom. The van der Waals surface area contributed by atoms with E-state index in [2.05, 4.69) is 72.2 Å². The number of thiocarbonyl (C=S) groups is 1. The monoisotopic (exact) mass is 500 g/mol. The maximum absolute atomic E-state index is 5.93. The van der Waals surface area contributed by atoms with Crippen LogP contribution < -0.4 is 24.6 Å². The van der Waals surface area contributed by atoms with Crippen LogP contribution in [-0.2, 0) is 0 Å². The lowest BCUT2D eigenvalue weighted by atomic mass is 9.86. The van der Waals surface area contributed by atoms with Crippen LogP contribution in [0.4, 0.5) is 11.4 Å². The summed E-state index contributed by atoms with van der Waals surface area (Å²) in [6, 6.07) is 18.2. The van der Waals surface area contributed by atoms with E-state index in [-0.39, 0.29) is 17.6 Å². The number of aromatic nitrogens is 1. The van der Waals surface area contributed by atoms with Gasteiger partial charge >= 0.3 is 0 Å². The van der Waals surface area contributed by atoms with Crippen LogP contribution >= 0.6 is 12.2 Å². The van der Waals surface area contributed by atoms with Crippen LogP contribution in [0, 0.1) is 0 Å².